The molecule has 0 fully saturated rings. The summed E-state index contributed by atoms with van der Waals surface area (Å²) in [6.07, 6.45) is 3.06. The second-order valence-corrected chi connectivity index (χ2v) is 6.01. The summed E-state index contributed by atoms with van der Waals surface area (Å²) in [6, 6.07) is 9.78. The summed E-state index contributed by atoms with van der Waals surface area (Å²) in [7, 11) is 0. The lowest BCUT2D eigenvalue weighted by Gasteiger charge is -2.28. The highest BCUT2D eigenvalue weighted by molar-refractivity contribution is 5.88. The minimum Gasteiger partial charge on any atom is -0.354 e. The number of rotatable bonds is 9. The number of carbonyl (C=O) groups is 2. The summed E-state index contributed by atoms with van der Waals surface area (Å²) in [4.78, 5) is 26.5. The molecule has 2 amide bonds. The number of nitrogens with zero attached hydrogens (tertiary/aromatic N) is 2. The quantitative estimate of drug-likeness (QED) is 0.668. The minimum atomic E-state index is -0.144. The summed E-state index contributed by atoms with van der Waals surface area (Å²) in [5, 5.41) is 4.28. The third kappa shape index (κ3) is 5.90. The maximum absolute atomic E-state index is 12.1. The molecular formula is C19H28N4O2. The highest BCUT2D eigenvalue weighted by atomic mass is 16.2. The molecule has 6 heteroatoms. The van der Waals surface area contributed by atoms with Crippen molar-refractivity contribution in [3.63, 3.8) is 0 Å². The van der Waals surface area contributed by atoms with Crippen molar-refractivity contribution in [1.29, 1.82) is 0 Å². The van der Waals surface area contributed by atoms with E-state index in [1.54, 1.807) is 0 Å². The fourth-order valence-corrected chi connectivity index (χ4v) is 2.75. The highest BCUT2D eigenvalue weighted by Gasteiger charge is 2.21. The van der Waals surface area contributed by atoms with Crippen molar-refractivity contribution in [2.24, 2.45) is 0 Å². The molecule has 0 saturated heterocycles. The molecule has 1 aliphatic rings. The van der Waals surface area contributed by atoms with Gasteiger partial charge in [-0.05, 0) is 37.7 Å². The van der Waals surface area contributed by atoms with E-state index < -0.39 is 0 Å². The van der Waals surface area contributed by atoms with E-state index in [0.717, 1.165) is 37.3 Å². The van der Waals surface area contributed by atoms with Gasteiger partial charge in [0.25, 0.3) is 0 Å². The van der Waals surface area contributed by atoms with Gasteiger partial charge in [0.1, 0.15) is 6.54 Å². The van der Waals surface area contributed by atoms with Gasteiger partial charge in [-0.2, -0.15) is 0 Å². The first-order valence-corrected chi connectivity index (χ1v) is 8.95. The van der Waals surface area contributed by atoms with E-state index in [0.29, 0.717) is 13.0 Å². The van der Waals surface area contributed by atoms with Gasteiger partial charge in [0.2, 0.25) is 11.8 Å². The van der Waals surface area contributed by atoms with Crippen LogP contribution >= 0.6 is 0 Å². The molecule has 1 aromatic carbocycles. The fourth-order valence-electron chi connectivity index (χ4n) is 2.75. The number of benzene rings is 1. The maximum atomic E-state index is 12.1. The summed E-state index contributed by atoms with van der Waals surface area (Å²) < 4.78 is 0. The zero-order valence-electron chi connectivity index (χ0n) is 15.1. The SMILES string of the molecule is CCN(CC)CCCNC(=O)CN1NC(c2ccccc2)=CCC1=O. The molecule has 0 atom stereocenters. The number of hydrogen-bond donors (Lipinski definition) is 2. The predicted octanol–water partition coefficient (Wildman–Crippen LogP) is 1.61. The third-order valence-corrected chi connectivity index (χ3v) is 4.29. The Labute approximate surface area is 149 Å². The smallest absolute Gasteiger partial charge is 0.245 e. The van der Waals surface area contributed by atoms with Crippen molar-refractivity contribution in [2.75, 3.05) is 32.7 Å². The van der Waals surface area contributed by atoms with Crippen LogP contribution in [-0.2, 0) is 9.59 Å². The molecule has 25 heavy (non-hydrogen) atoms. The van der Waals surface area contributed by atoms with E-state index in [9.17, 15) is 9.59 Å². The average molecular weight is 344 g/mol. The highest BCUT2D eigenvalue weighted by Crippen LogP contribution is 2.16. The van der Waals surface area contributed by atoms with E-state index in [1.165, 1.54) is 5.01 Å². The standard InChI is InChI=1S/C19H28N4O2/c1-3-22(4-2)14-8-13-20-18(24)15-23-19(25)12-11-17(21-23)16-9-6-5-7-10-16/h5-7,9-11,21H,3-4,8,12-15H2,1-2H3,(H,20,24). The zero-order chi connectivity index (χ0) is 18.1. The van der Waals surface area contributed by atoms with Crippen LogP contribution in [0.5, 0.6) is 0 Å². The van der Waals surface area contributed by atoms with Crippen molar-refractivity contribution >= 4 is 17.5 Å². The first kappa shape index (κ1) is 19.0. The van der Waals surface area contributed by atoms with Crippen LogP contribution in [0.15, 0.2) is 36.4 Å². The average Bonchev–Trinajstić information content (AvgIpc) is 2.64. The lowest BCUT2D eigenvalue weighted by molar-refractivity contribution is -0.137. The van der Waals surface area contributed by atoms with Crippen LogP contribution in [0.1, 0.15) is 32.3 Å². The van der Waals surface area contributed by atoms with Crippen molar-refractivity contribution in [3.8, 4) is 0 Å². The fraction of sp³-hybridized carbons (Fsp3) is 0.474. The van der Waals surface area contributed by atoms with Crippen LogP contribution < -0.4 is 10.7 Å². The molecule has 0 saturated carbocycles. The molecule has 1 aromatic rings. The molecule has 0 bridgehead atoms. The Balaban J connectivity index is 1.78. The molecule has 0 aliphatic carbocycles. The Bertz CT molecular complexity index is 597. The maximum Gasteiger partial charge on any atom is 0.245 e. The van der Waals surface area contributed by atoms with Crippen molar-refractivity contribution in [1.82, 2.24) is 20.7 Å². The van der Waals surface area contributed by atoms with Gasteiger partial charge in [-0.15, -0.1) is 0 Å². The second kappa shape index (κ2) is 9.84. The molecule has 136 valence electrons. The van der Waals surface area contributed by atoms with Crippen LogP contribution in [0.4, 0.5) is 0 Å². The van der Waals surface area contributed by atoms with Gasteiger partial charge in [0.05, 0.1) is 5.70 Å². The normalized spacial score (nSPS) is 14.3. The number of hydrogen-bond acceptors (Lipinski definition) is 4. The van der Waals surface area contributed by atoms with Crippen LogP contribution in [0, 0.1) is 0 Å². The first-order valence-electron chi connectivity index (χ1n) is 8.95. The van der Waals surface area contributed by atoms with Crippen LogP contribution in [0.2, 0.25) is 0 Å². The Morgan fingerprint density at radius 1 is 1.24 bits per heavy atom. The molecule has 2 rings (SSSR count). The summed E-state index contributed by atoms with van der Waals surface area (Å²) in [5.41, 5.74) is 4.91. The van der Waals surface area contributed by atoms with Crippen molar-refractivity contribution in [2.45, 2.75) is 26.7 Å². The topological polar surface area (TPSA) is 64.7 Å². The number of hydrazine groups is 1. The van der Waals surface area contributed by atoms with E-state index >= 15 is 0 Å². The Hall–Kier alpha value is -2.34. The lowest BCUT2D eigenvalue weighted by atomic mass is 10.1. The van der Waals surface area contributed by atoms with Gasteiger partial charge in [0, 0.05) is 13.0 Å². The number of amides is 2. The van der Waals surface area contributed by atoms with Crippen LogP contribution in [0.25, 0.3) is 5.70 Å². The molecule has 0 radical (unpaired) electrons. The van der Waals surface area contributed by atoms with Gasteiger partial charge in [0.15, 0.2) is 0 Å². The summed E-state index contributed by atoms with van der Waals surface area (Å²) >= 11 is 0. The Kier molecular flexibility index (Phi) is 7.47. The number of carbonyl (C=O) groups excluding carboxylic acids is 2. The van der Waals surface area contributed by atoms with Gasteiger partial charge in [-0.25, -0.2) is 5.01 Å². The number of nitrogens with one attached hydrogen (secondary N) is 2. The van der Waals surface area contributed by atoms with Gasteiger partial charge in [-0.1, -0.05) is 44.2 Å². The second-order valence-electron chi connectivity index (χ2n) is 6.01. The molecule has 6 nitrogen and oxygen atoms in total. The molecule has 1 heterocycles. The molecule has 1 aliphatic heterocycles. The summed E-state index contributed by atoms with van der Waals surface area (Å²) in [5.74, 6) is -0.243. The van der Waals surface area contributed by atoms with Crippen LogP contribution in [-0.4, -0.2) is 54.4 Å². The van der Waals surface area contributed by atoms with Gasteiger partial charge < -0.3 is 10.2 Å². The molecular weight excluding hydrogens is 316 g/mol. The van der Waals surface area contributed by atoms with Crippen LogP contribution in [0.3, 0.4) is 0 Å². The monoisotopic (exact) mass is 344 g/mol. The van der Waals surface area contributed by atoms with E-state index in [1.807, 2.05) is 36.4 Å². The van der Waals surface area contributed by atoms with Crippen molar-refractivity contribution in [3.05, 3.63) is 42.0 Å². The van der Waals surface area contributed by atoms with Gasteiger partial charge in [-0.3, -0.25) is 15.0 Å². The van der Waals surface area contributed by atoms with Gasteiger partial charge >= 0.3 is 0 Å². The summed E-state index contributed by atoms with van der Waals surface area (Å²) in [6.45, 7) is 7.92. The lowest BCUT2D eigenvalue weighted by Crippen LogP contribution is -2.49. The largest absolute Gasteiger partial charge is 0.354 e. The zero-order valence-corrected chi connectivity index (χ0v) is 15.1. The molecule has 0 aromatic heterocycles. The van der Waals surface area contributed by atoms with E-state index in [4.69, 9.17) is 0 Å². The third-order valence-electron chi connectivity index (χ3n) is 4.29. The first-order chi connectivity index (χ1) is 12.1. The molecule has 0 unspecified atom stereocenters. The van der Waals surface area contributed by atoms with E-state index in [2.05, 4.69) is 29.5 Å². The van der Waals surface area contributed by atoms with E-state index in [-0.39, 0.29) is 18.4 Å². The Morgan fingerprint density at radius 3 is 2.64 bits per heavy atom. The van der Waals surface area contributed by atoms with Crippen molar-refractivity contribution < 1.29 is 9.59 Å². The predicted molar refractivity (Wildman–Crippen MR) is 99.3 cm³/mol. The molecule has 0 spiro atoms. The molecule has 2 N–H and O–H groups in total. The Morgan fingerprint density at radius 2 is 1.96 bits per heavy atom. The minimum absolute atomic E-state index is 0.0221.